The van der Waals surface area contributed by atoms with Crippen molar-refractivity contribution in [2.75, 3.05) is 7.11 Å². The first-order valence-corrected chi connectivity index (χ1v) is 9.27. The van der Waals surface area contributed by atoms with Crippen LogP contribution in [0.25, 0.3) is 5.57 Å². The van der Waals surface area contributed by atoms with Crippen molar-refractivity contribution in [3.8, 4) is 5.75 Å². The zero-order valence-electron chi connectivity index (χ0n) is 16.3. The van der Waals surface area contributed by atoms with Gasteiger partial charge in [-0.15, -0.1) is 0 Å². The van der Waals surface area contributed by atoms with E-state index in [-0.39, 0.29) is 6.42 Å². The summed E-state index contributed by atoms with van der Waals surface area (Å²) in [4.78, 5) is 12.4. The van der Waals surface area contributed by atoms with Gasteiger partial charge in [0.05, 0.1) is 12.7 Å². The highest BCUT2D eigenvalue weighted by molar-refractivity contribution is 5.97. The Morgan fingerprint density at radius 2 is 1.76 bits per heavy atom. The minimum atomic E-state index is -1.62. The first kappa shape index (κ1) is 20.6. The molecule has 150 valence electrons. The number of rotatable bonds is 5. The lowest BCUT2D eigenvalue weighted by atomic mass is 9.92. The Kier molecular flexibility index (Phi) is 6.37. The standard InChI is InChI=1S/C24H21F3O2/c1-15-13-18(9-12-22(15)29-2)17-6-4-3-5-16(7-8-17)14-21(28)19-10-11-20(25)24(27)23(19)26/h3-6,9-13H,7-8,14H2,1-2H3/b4-3+,16-5+,17-6?. The summed E-state index contributed by atoms with van der Waals surface area (Å²) in [7, 11) is 1.63. The molecular weight excluding hydrogens is 377 g/mol. The van der Waals surface area contributed by atoms with Gasteiger partial charge in [0.1, 0.15) is 5.75 Å². The predicted molar refractivity (Wildman–Crippen MR) is 107 cm³/mol. The van der Waals surface area contributed by atoms with E-state index in [1.165, 1.54) is 0 Å². The molecule has 0 bridgehead atoms. The minimum absolute atomic E-state index is 0.0543. The van der Waals surface area contributed by atoms with Crippen LogP contribution in [0.5, 0.6) is 5.75 Å². The molecule has 2 aromatic carbocycles. The van der Waals surface area contributed by atoms with Crippen LogP contribution in [0.2, 0.25) is 0 Å². The summed E-state index contributed by atoms with van der Waals surface area (Å²) < 4.78 is 45.7. The Labute approximate surface area is 168 Å². The van der Waals surface area contributed by atoms with E-state index in [2.05, 4.69) is 0 Å². The molecule has 0 amide bonds. The van der Waals surface area contributed by atoms with Crippen LogP contribution in [0, 0.1) is 24.4 Å². The summed E-state index contributed by atoms with van der Waals surface area (Å²) >= 11 is 0. The maximum Gasteiger partial charge on any atom is 0.195 e. The van der Waals surface area contributed by atoms with Crippen LogP contribution in [0.3, 0.4) is 0 Å². The molecule has 0 saturated heterocycles. The number of methoxy groups -OCH3 is 1. The Hall–Kier alpha value is -3.08. The first-order valence-electron chi connectivity index (χ1n) is 9.27. The molecule has 0 unspecified atom stereocenters. The molecule has 0 saturated carbocycles. The zero-order valence-corrected chi connectivity index (χ0v) is 16.3. The Balaban J connectivity index is 1.74. The molecule has 2 nitrogen and oxygen atoms in total. The molecule has 0 heterocycles. The third kappa shape index (κ3) is 4.67. The molecule has 0 aliphatic heterocycles. The molecule has 0 N–H and O–H groups in total. The SMILES string of the molecule is COc1ccc(C2=C/C=C/C=C(/CC(=O)c3ccc(F)c(F)c3F)CC2)cc1C. The molecule has 2 aromatic rings. The molecule has 0 aromatic heterocycles. The van der Waals surface area contributed by atoms with Gasteiger partial charge >= 0.3 is 0 Å². The number of carbonyl (C=O) groups excluding carboxylic acids is 1. The van der Waals surface area contributed by atoms with Crippen LogP contribution in [-0.4, -0.2) is 12.9 Å². The van der Waals surface area contributed by atoms with E-state index in [0.29, 0.717) is 12.8 Å². The predicted octanol–water partition coefficient (Wildman–Crippen LogP) is 6.35. The number of hydrogen-bond donors (Lipinski definition) is 0. The minimum Gasteiger partial charge on any atom is -0.496 e. The van der Waals surface area contributed by atoms with Gasteiger partial charge in [0.25, 0.3) is 0 Å². The number of hydrogen-bond acceptors (Lipinski definition) is 2. The lowest BCUT2D eigenvalue weighted by molar-refractivity contribution is 0.0987. The molecule has 3 rings (SSSR count). The summed E-state index contributed by atoms with van der Waals surface area (Å²) in [5.41, 5.74) is 3.55. The average Bonchev–Trinajstić information content (AvgIpc) is 2.68. The van der Waals surface area contributed by atoms with Gasteiger partial charge < -0.3 is 4.74 Å². The average molecular weight is 398 g/mol. The van der Waals surface area contributed by atoms with E-state index in [1.54, 1.807) is 7.11 Å². The molecule has 1 aliphatic rings. The largest absolute Gasteiger partial charge is 0.496 e. The zero-order chi connectivity index (χ0) is 21.0. The van der Waals surface area contributed by atoms with E-state index < -0.39 is 28.8 Å². The lowest BCUT2D eigenvalue weighted by Crippen LogP contribution is -2.07. The molecular formula is C24H21F3O2. The molecule has 0 spiro atoms. The van der Waals surface area contributed by atoms with E-state index in [0.717, 1.165) is 40.2 Å². The third-order valence-electron chi connectivity index (χ3n) is 4.94. The number of carbonyl (C=O) groups is 1. The van der Waals surface area contributed by atoms with E-state index in [4.69, 9.17) is 4.74 Å². The van der Waals surface area contributed by atoms with Crippen LogP contribution in [0.15, 0.2) is 60.2 Å². The third-order valence-corrected chi connectivity index (χ3v) is 4.94. The van der Waals surface area contributed by atoms with Gasteiger partial charge in [-0.3, -0.25) is 4.79 Å². The number of Topliss-reactive ketones (excluding diaryl/α,β-unsaturated/α-hetero) is 1. The fourth-order valence-corrected chi connectivity index (χ4v) is 3.33. The number of ether oxygens (including phenoxy) is 1. The smallest absolute Gasteiger partial charge is 0.195 e. The molecule has 1 aliphatic carbocycles. The number of allylic oxidation sites excluding steroid dienone is 6. The highest BCUT2D eigenvalue weighted by atomic mass is 19.2. The van der Waals surface area contributed by atoms with E-state index in [1.807, 2.05) is 49.4 Å². The van der Waals surface area contributed by atoms with Gasteiger partial charge in [-0.1, -0.05) is 35.9 Å². The van der Waals surface area contributed by atoms with Gasteiger partial charge in [-0.25, -0.2) is 13.2 Å². The number of benzene rings is 2. The van der Waals surface area contributed by atoms with Gasteiger partial charge in [0.2, 0.25) is 0 Å². The molecule has 29 heavy (non-hydrogen) atoms. The molecule has 5 heteroatoms. The second-order valence-corrected chi connectivity index (χ2v) is 6.91. The highest BCUT2D eigenvalue weighted by Gasteiger charge is 2.20. The van der Waals surface area contributed by atoms with Gasteiger partial charge in [0, 0.05) is 6.42 Å². The van der Waals surface area contributed by atoms with E-state index >= 15 is 0 Å². The first-order chi connectivity index (χ1) is 13.9. The second kappa shape index (κ2) is 8.95. The maximum absolute atomic E-state index is 13.9. The summed E-state index contributed by atoms with van der Waals surface area (Å²) in [6.07, 6.45) is 8.76. The summed E-state index contributed by atoms with van der Waals surface area (Å²) in [6.45, 7) is 1.97. The van der Waals surface area contributed by atoms with Crippen molar-refractivity contribution in [2.45, 2.75) is 26.2 Å². The van der Waals surface area contributed by atoms with Gasteiger partial charge in [-0.05, 0) is 60.7 Å². The van der Waals surface area contributed by atoms with Crippen molar-refractivity contribution in [3.05, 3.63) is 94.4 Å². The van der Waals surface area contributed by atoms with Crippen LogP contribution < -0.4 is 4.74 Å². The van der Waals surface area contributed by atoms with Crippen LogP contribution in [0.1, 0.15) is 40.7 Å². The Morgan fingerprint density at radius 3 is 2.48 bits per heavy atom. The molecule has 0 radical (unpaired) electrons. The number of ketones is 1. The van der Waals surface area contributed by atoms with E-state index in [9.17, 15) is 18.0 Å². The summed E-state index contributed by atoms with van der Waals surface area (Å²) in [5, 5.41) is 0. The van der Waals surface area contributed by atoms with Crippen molar-refractivity contribution in [1.29, 1.82) is 0 Å². The molecule has 0 fully saturated rings. The monoisotopic (exact) mass is 398 g/mol. The topological polar surface area (TPSA) is 26.3 Å². The molecule has 0 atom stereocenters. The van der Waals surface area contributed by atoms with Crippen molar-refractivity contribution in [3.63, 3.8) is 0 Å². The highest BCUT2D eigenvalue weighted by Crippen LogP contribution is 2.29. The van der Waals surface area contributed by atoms with Gasteiger partial charge in [-0.2, -0.15) is 0 Å². The van der Waals surface area contributed by atoms with Crippen molar-refractivity contribution < 1.29 is 22.7 Å². The number of aryl methyl sites for hydroxylation is 1. The van der Waals surface area contributed by atoms with Crippen molar-refractivity contribution in [1.82, 2.24) is 0 Å². The van der Waals surface area contributed by atoms with Crippen LogP contribution in [-0.2, 0) is 0 Å². The van der Waals surface area contributed by atoms with Crippen LogP contribution >= 0.6 is 0 Å². The van der Waals surface area contributed by atoms with Crippen molar-refractivity contribution >= 4 is 11.4 Å². The summed E-state index contributed by atoms with van der Waals surface area (Å²) in [5.74, 6) is -4.13. The maximum atomic E-state index is 13.9. The Morgan fingerprint density at radius 1 is 1.00 bits per heavy atom. The quantitative estimate of drug-likeness (QED) is 0.433. The normalized spacial score (nSPS) is 16.9. The van der Waals surface area contributed by atoms with Gasteiger partial charge in [0.15, 0.2) is 23.2 Å². The Bertz CT molecular complexity index is 1030. The van der Waals surface area contributed by atoms with Crippen molar-refractivity contribution in [2.24, 2.45) is 0 Å². The fraction of sp³-hybridized carbons (Fsp3) is 0.208. The lowest BCUT2D eigenvalue weighted by Gasteiger charge is -2.14. The number of halogens is 3. The van der Waals surface area contributed by atoms with Crippen LogP contribution in [0.4, 0.5) is 13.2 Å². The fourth-order valence-electron chi connectivity index (χ4n) is 3.33. The summed E-state index contributed by atoms with van der Waals surface area (Å²) in [6, 6.07) is 7.70. The second-order valence-electron chi connectivity index (χ2n) is 6.91.